The maximum Gasteiger partial charge on any atom is 0.293 e. The lowest BCUT2D eigenvalue weighted by atomic mass is 10.1. The summed E-state index contributed by atoms with van der Waals surface area (Å²) in [4.78, 5) is 33.2. The number of halogens is 1. The zero-order valence-electron chi connectivity index (χ0n) is 18.1. The van der Waals surface area contributed by atoms with Gasteiger partial charge in [-0.15, -0.1) is 5.10 Å². The molecule has 166 valence electrons. The van der Waals surface area contributed by atoms with Crippen molar-refractivity contribution in [2.24, 2.45) is 0 Å². The minimum Gasteiger partial charge on any atom is -0.339 e. The molecule has 7 nitrogen and oxygen atoms in total. The van der Waals surface area contributed by atoms with Crippen molar-refractivity contribution in [2.75, 3.05) is 26.2 Å². The van der Waals surface area contributed by atoms with Crippen molar-refractivity contribution in [1.29, 1.82) is 0 Å². The molecule has 0 aliphatic carbocycles. The summed E-state index contributed by atoms with van der Waals surface area (Å²) in [6.45, 7) is 3.67. The van der Waals surface area contributed by atoms with Gasteiger partial charge in [0.05, 0.1) is 5.69 Å². The van der Waals surface area contributed by atoms with Gasteiger partial charge in [-0.1, -0.05) is 30.3 Å². The van der Waals surface area contributed by atoms with Crippen LogP contribution in [0.2, 0.25) is 0 Å². The molecule has 0 spiro atoms. The van der Waals surface area contributed by atoms with Gasteiger partial charge in [-0.2, -0.15) is 0 Å². The SMILES string of the molecule is Cc1nc(C(=O)N2CCN(C(=O)CCCc3ccccc3)CC2)nn1-c1ccc(F)cc1. The summed E-state index contributed by atoms with van der Waals surface area (Å²) in [6, 6.07) is 16.0. The Hall–Kier alpha value is -3.55. The highest BCUT2D eigenvalue weighted by Gasteiger charge is 2.27. The van der Waals surface area contributed by atoms with E-state index in [0.717, 1.165) is 12.8 Å². The Morgan fingerprint density at radius 3 is 2.28 bits per heavy atom. The van der Waals surface area contributed by atoms with E-state index in [4.69, 9.17) is 0 Å². The van der Waals surface area contributed by atoms with E-state index in [2.05, 4.69) is 22.2 Å². The fourth-order valence-electron chi connectivity index (χ4n) is 3.85. The van der Waals surface area contributed by atoms with E-state index in [-0.39, 0.29) is 23.5 Å². The van der Waals surface area contributed by atoms with Crippen LogP contribution in [0.15, 0.2) is 54.6 Å². The number of carbonyl (C=O) groups is 2. The number of piperazine rings is 1. The summed E-state index contributed by atoms with van der Waals surface area (Å²) in [5, 5.41) is 4.32. The van der Waals surface area contributed by atoms with E-state index < -0.39 is 0 Å². The first-order valence-corrected chi connectivity index (χ1v) is 10.8. The molecule has 0 atom stereocenters. The van der Waals surface area contributed by atoms with Crippen molar-refractivity contribution in [3.8, 4) is 5.69 Å². The molecular formula is C24H26FN5O2. The number of aryl methyl sites for hydroxylation is 2. The summed E-state index contributed by atoms with van der Waals surface area (Å²) in [5.41, 5.74) is 1.87. The zero-order valence-corrected chi connectivity index (χ0v) is 18.1. The number of benzene rings is 2. The number of aromatic nitrogens is 3. The quantitative estimate of drug-likeness (QED) is 0.597. The molecule has 0 radical (unpaired) electrons. The lowest BCUT2D eigenvalue weighted by molar-refractivity contribution is -0.132. The minimum atomic E-state index is -0.338. The number of nitrogens with zero attached hydrogens (tertiary/aromatic N) is 5. The van der Waals surface area contributed by atoms with Gasteiger partial charge in [-0.25, -0.2) is 14.1 Å². The highest BCUT2D eigenvalue weighted by atomic mass is 19.1. The van der Waals surface area contributed by atoms with Crippen LogP contribution in [0.25, 0.3) is 5.69 Å². The Balaban J connectivity index is 1.29. The Labute approximate surface area is 186 Å². The number of hydrogen-bond donors (Lipinski definition) is 0. The van der Waals surface area contributed by atoms with Crippen molar-refractivity contribution in [3.05, 3.63) is 77.6 Å². The van der Waals surface area contributed by atoms with Gasteiger partial charge in [0.2, 0.25) is 11.7 Å². The molecule has 1 fully saturated rings. The summed E-state index contributed by atoms with van der Waals surface area (Å²) >= 11 is 0. The largest absolute Gasteiger partial charge is 0.339 e. The lowest BCUT2D eigenvalue weighted by Gasteiger charge is -2.34. The Kier molecular flexibility index (Phi) is 6.58. The van der Waals surface area contributed by atoms with Crippen molar-refractivity contribution < 1.29 is 14.0 Å². The Morgan fingerprint density at radius 1 is 0.938 bits per heavy atom. The Bertz CT molecular complexity index is 1070. The molecule has 3 aromatic rings. The van der Waals surface area contributed by atoms with Crippen LogP contribution >= 0.6 is 0 Å². The summed E-state index contributed by atoms with van der Waals surface area (Å²) < 4.78 is 14.7. The van der Waals surface area contributed by atoms with Gasteiger partial charge in [0.15, 0.2) is 0 Å². The van der Waals surface area contributed by atoms with Crippen molar-refractivity contribution in [2.45, 2.75) is 26.2 Å². The number of carbonyl (C=O) groups excluding carboxylic acids is 2. The second-order valence-electron chi connectivity index (χ2n) is 7.88. The molecule has 1 saturated heterocycles. The Morgan fingerprint density at radius 2 is 1.59 bits per heavy atom. The molecule has 2 amide bonds. The third kappa shape index (κ3) is 5.01. The van der Waals surface area contributed by atoms with Crippen LogP contribution in [0.1, 0.15) is 34.8 Å². The molecule has 2 aromatic carbocycles. The van der Waals surface area contributed by atoms with E-state index >= 15 is 0 Å². The second kappa shape index (κ2) is 9.72. The third-order valence-corrected chi connectivity index (χ3v) is 5.65. The van der Waals surface area contributed by atoms with Crippen LogP contribution in [0, 0.1) is 12.7 Å². The summed E-state index contributed by atoms with van der Waals surface area (Å²) in [5.74, 6) is 0.185. The van der Waals surface area contributed by atoms with Gasteiger partial charge >= 0.3 is 0 Å². The maximum absolute atomic E-state index is 13.2. The van der Waals surface area contributed by atoms with Gasteiger partial charge in [0.1, 0.15) is 11.6 Å². The van der Waals surface area contributed by atoms with E-state index in [9.17, 15) is 14.0 Å². The molecule has 4 rings (SSSR count). The molecule has 1 aliphatic rings. The average Bonchev–Trinajstić information content (AvgIpc) is 3.21. The normalized spacial score (nSPS) is 13.9. The molecule has 0 N–H and O–H groups in total. The highest BCUT2D eigenvalue weighted by molar-refractivity contribution is 5.90. The van der Waals surface area contributed by atoms with Gasteiger partial charge in [-0.3, -0.25) is 9.59 Å². The lowest BCUT2D eigenvalue weighted by Crippen LogP contribution is -2.50. The molecular weight excluding hydrogens is 409 g/mol. The van der Waals surface area contributed by atoms with E-state index in [1.165, 1.54) is 22.4 Å². The van der Waals surface area contributed by atoms with Crippen LogP contribution in [-0.4, -0.2) is 62.6 Å². The topological polar surface area (TPSA) is 71.3 Å². The molecule has 0 saturated carbocycles. The fourth-order valence-corrected chi connectivity index (χ4v) is 3.85. The molecule has 1 aromatic heterocycles. The van der Waals surface area contributed by atoms with Crippen LogP contribution in [0.3, 0.4) is 0 Å². The van der Waals surface area contributed by atoms with Crippen LogP contribution in [0.5, 0.6) is 0 Å². The van der Waals surface area contributed by atoms with E-state index in [1.807, 2.05) is 23.1 Å². The average molecular weight is 436 g/mol. The standard InChI is InChI=1S/C24H26FN5O2/c1-18-26-23(27-30(18)21-12-10-20(25)11-13-21)24(32)29-16-14-28(15-17-29)22(31)9-5-8-19-6-3-2-4-7-19/h2-4,6-7,10-13H,5,8-9,14-17H2,1H3. The van der Waals surface area contributed by atoms with Crippen molar-refractivity contribution in [1.82, 2.24) is 24.6 Å². The third-order valence-electron chi connectivity index (χ3n) is 5.65. The zero-order chi connectivity index (χ0) is 22.5. The van der Waals surface area contributed by atoms with Crippen molar-refractivity contribution >= 4 is 11.8 Å². The van der Waals surface area contributed by atoms with Crippen molar-refractivity contribution in [3.63, 3.8) is 0 Å². The molecule has 8 heteroatoms. The first kappa shape index (κ1) is 21.7. The first-order chi connectivity index (χ1) is 15.5. The molecule has 32 heavy (non-hydrogen) atoms. The number of amides is 2. The minimum absolute atomic E-state index is 0.106. The summed E-state index contributed by atoms with van der Waals surface area (Å²) in [6.07, 6.45) is 2.20. The summed E-state index contributed by atoms with van der Waals surface area (Å²) in [7, 11) is 0. The molecule has 0 unspecified atom stereocenters. The van der Waals surface area contributed by atoms with Gasteiger partial charge < -0.3 is 9.80 Å². The first-order valence-electron chi connectivity index (χ1n) is 10.8. The van der Waals surface area contributed by atoms with E-state index in [1.54, 1.807) is 24.0 Å². The molecule has 2 heterocycles. The van der Waals surface area contributed by atoms with E-state index in [0.29, 0.717) is 44.1 Å². The molecule has 1 aliphatic heterocycles. The second-order valence-corrected chi connectivity index (χ2v) is 7.88. The smallest absolute Gasteiger partial charge is 0.293 e. The predicted molar refractivity (Wildman–Crippen MR) is 118 cm³/mol. The monoisotopic (exact) mass is 435 g/mol. The molecule has 0 bridgehead atoms. The number of hydrogen-bond acceptors (Lipinski definition) is 4. The predicted octanol–water partition coefficient (Wildman–Crippen LogP) is 3.02. The van der Waals surface area contributed by atoms with Gasteiger partial charge in [0, 0.05) is 32.6 Å². The van der Waals surface area contributed by atoms with Gasteiger partial charge in [-0.05, 0) is 49.6 Å². The maximum atomic E-state index is 13.2. The van der Waals surface area contributed by atoms with Gasteiger partial charge in [0.25, 0.3) is 5.91 Å². The number of rotatable bonds is 6. The fraction of sp³-hybridized carbons (Fsp3) is 0.333. The van der Waals surface area contributed by atoms with Crippen LogP contribution < -0.4 is 0 Å². The van der Waals surface area contributed by atoms with Crippen LogP contribution in [-0.2, 0) is 11.2 Å². The highest BCUT2D eigenvalue weighted by Crippen LogP contribution is 2.14. The van der Waals surface area contributed by atoms with Crippen LogP contribution in [0.4, 0.5) is 4.39 Å².